The van der Waals surface area contributed by atoms with Gasteiger partial charge in [0.2, 0.25) is 5.95 Å². The second kappa shape index (κ2) is 7.38. The summed E-state index contributed by atoms with van der Waals surface area (Å²) in [5.74, 6) is 3.34. The predicted molar refractivity (Wildman–Crippen MR) is 117 cm³/mol. The Bertz CT molecular complexity index is 1440. The minimum atomic E-state index is -1.13. The number of aromatic nitrogens is 5. The summed E-state index contributed by atoms with van der Waals surface area (Å²) in [7, 11) is 1.77. The van der Waals surface area contributed by atoms with Crippen molar-refractivity contribution in [2.75, 3.05) is 4.90 Å². The summed E-state index contributed by atoms with van der Waals surface area (Å²) in [5.41, 5.74) is 0.309. The van der Waals surface area contributed by atoms with E-state index >= 15 is 8.78 Å². The molecule has 7 nitrogen and oxygen atoms in total. The van der Waals surface area contributed by atoms with Crippen LogP contribution in [-0.4, -0.2) is 30.2 Å². The Hall–Kier alpha value is -4.32. The molecule has 5 rings (SSSR count). The number of fused-ring (bicyclic) bond motifs is 1. The van der Waals surface area contributed by atoms with Crippen LogP contribution >= 0.6 is 0 Å². The maximum atomic E-state index is 15.2. The molecule has 3 aromatic heterocycles. The zero-order chi connectivity index (χ0) is 23.3. The predicted octanol–water partition coefficient (Wildman–Crippen LogP) is 3.77. The molecule has 1 aliphatic heterocycles. The van der Waals surface area contributed by atoms with Gasteiger partial charge in [-0.3, -0.25) is 19.0 Å². The van der Waals surface area contributed by atoms with Gasteiger partial charge in [0, 0.05) is 36.8 Å². The summed E-state index contributed by atoms with van der Waals surface area (Å²) < 4.78 is 33.6. The van der Waals surface area contributed by atoms with E-state index in [0.717, 1.165) is 17.0 Å². The van der Waals surface area contributed by atoms with Crippen LogP contribution < -0.4 is 4.90 Å². The van der Waals surface area contributed by atoms with Crippen LogP contribution in [0.3, 0.4) is 0 Å². The van der Waals surface area contributed by atoms with Crippen LogP contribution in [0.5, 0.6) is 0 Å². The molecule has 4 aromatic rings. The number of carbonyl (C=O) groups is 1. The third-order valence-electron chi connectivity index (χ3n) is 5.46. The molecule has 0 spiro atoms. The van der Waals surface area contributed by atoms with E-state index in [1.54, 1.807) is 73.1 Å². The van der Waals surface area contributed by atoms with Crippen LogP contribution in [0.25, 0.3) is 11.4 Å². The quantitative estimate of drug-likeness (QED) is 0.442. The average molecular weight is 444 g/mol. The van der Waals surface area contributed by atoms with Gasteiger partial charge in [-0.05, 0) is 44.2 Å². The Labute approximate surface area is 188 Å². The highest BCUT2D eigenvalue weighted by atomic mass is 19.1. The Morgan fingerprint density at radius 1 is 1.03 bits per heavy atom. The van der Waals surface area contributed by atoms with Crippen molar-refractivity contribution in [2.24, 2.45) is 7.05 Å². The molecule has 0 fully saturated rings. The maximum absolute atomic E-state index is 15.2. The summed E-state index contributed by atoms with van der Waals surface area (Å²) in [4.78, 5) is 22.6. The summed E-state index contributed by atoms with van der Waals surface area (Å²) in [6.07, 6.45) is 6.47. The third kappa shape index (κ3) is 3.27. The monoisotopic (exact) mass is 444 g/mol. The van der Waals surface area contributed by atoms with Crippen molar-refractivity contribution in [1.29, 1.82) is 0 Å². The van der Waals surface area contributed by atoms with Gasteiger partial charge in [-0.15, -0.1) is 0 Å². The fourth-order valence-electron chi connectivity index (χ4n) is 3.88. The maximum Gasteiger partial charge on any atom is 0.259 e. The first kappa shape index (κ1) is 20.6. The van der Waals surface area contributed by atoms with Gasteiger partial charge in [0.25, 0.3) is 5.91 Å². The number of hydrogen-bond acceptors (Lipinski definition) is 4. The standard InChI is InChI=1S/C24H18F2N6O/c1-24(2)22(33)31(23-28-14-20(32(23)24)19-8-10-30(3)29-19)21-17(25)11-16(12-18(21)26)7-6-15-5-4-9-27-13-15/h4-5,8-14H,1-3H3. The summed E-state index contributed by atoms with van der Waals surface area (Å²) >= 11 is 0. The molecule has 9 heteroatoms. The van der Waals surface area contributed by atoms with Crippen molar-refractivity contribution in [1.82, 2.24) is 24.3 Å². The van der Waals surface area contributed by atoms with Gasteiger partial charge < -0.3 is 0 Å². The number of carbonyl (C=O) groups excluding carboxylic acids is 1. The molecule has 4 heterocycles. The first-order valence-electron chi connectivity index (χ1n) is 10.1. The zero-order valence-electron chi connectivity index (χ0n) is 18.0. The number of halogens is 2. The molecule has 0 N–H and O–H groups in total. The lowest BCUT2D eigenvalue weighted by molar-refractivity contribution is -0.123. The van der Waals surface area contributed by atoms with Gasteiger partial charge in [0.05, 0.1) is 11.9 Å². The molecule has 1 aromatic carbocycles. The van der Waals surface area contributed by atoms with Crippen LogP contribution in [-0.2, 0) is 17.4 Å². The molecular formula is C24H18F2N6O. The molecule has 33 heavy (non-hydrogen) atoms. The number of amides is 1. The van der Waals surface area contributed by atoms with E-state index in [-0.39, 0.29) is 11.5 Å². The summed E-state index contributed by atoms with van der Waals surface area (Å²) in [6, 6.07) is 7.45. The van der Waals surface area contributed by atoms with Crippen molar-refractivity contribution in [3.63, 3.8) is 0 Å². The van der Waals surface area contributed by atoms with E-state index < -0.39 is 28.8 Å². The first-order chi connectivity index (χ1) is 15.8. The van der Waals surface area contributed by atoms with E-state index in [1.807, 2.05) is 0 Å². The average Bonchev–Trinajstić information content (AvgIpc) is 3.45. The number of aryl methyl sites for hydroxylation is 1. The van der Waals surface area contributed by atoms with Crippen LogP contribution in [0.4, 0.5) is 20.4 Å². The van der Waals surface area contributed by atoms with Gasteiger partial charge in [0.1, 0.15) is 16.9 Å². The van der Waals surface area contributed by atoms with Crippen LogP contribution in [0.1, 0.15) is 25.0 Å². The molecular weight excluding hydrogens is 426 g/mol. The molecule has 0 bridgehead atoms. The summed E-state index contributed by atoms with van der Waals surface area (Å²) in [6.45, 7) is 3.35. The van der Waals surface area contributed by atoms with Gasteiger partial charge in [-0.2, -0.15) is 5.10 Å². The number of hydrogen-bond donors (Lipinski definition) is 0. The molecule has 0 saturated carbocycles. The SMILES string of the molecule is Cn1ccc(-c2cnc3n2C(C)(C)C(=O)N3c2c(F)cc(C#Cc3cccnc3)cc2F)n1. The molecule has 0 radical (unpaired) electrons. The van der Waals surface area contributed by atoms with Gasteiger partial charge in [-0.1, -0.05) is 11.8 Å². The van der Waals surface area contributed by atoms with Gasteiger partial charge in [-0.25, -0.2) is 18.7 Å². The second-order valence-electron chi connectivity index (χ2n) is 8.13. The van der Waals surface area contributed by atoms with E-state index in [0.29, 0.717) is 17.0 Å². The fraction of sp³-hybridized carbons (Fsp3) is 0.167. The van der Waals surface area contributed by atoms with E-state index in [2.05, 4.69) is 26.9 Å². The topological polar surface area (TPSA) is 68.8 Å². The summed E-state index contributed by atoms with van der Waals surface area (Å²) in [5, 5.41) is 4.37. The Balaban J connectivity index is 1.59. The van der Waals surface area contributed by atoms with E-state index in [4.69, 9.17) is 0 Å². The zero-order valence-corrected chi connectivity index (χ0v) is 18.0. The number of imidazole rings is 1. The van der Waals surface area contributed by atoms with Crippen molar-refractivity contribution in [3.8, 4) is 23.2 Å². The molecule has 0 saturated heterocycles. The van der Waals surface area contributed by atoms with Crippen molar-refractivity contribution in [3.05, 3.63) is 77.9 Å². The molecule has 0 aliphatic carbocycles. The minimum Gasteiger partial charge on any atom is -0.293 e. The Kier molecular flexibility index (Phi) is 4.60. The number of benzene rings is 1. The Morgan fingerprint density at radius 3 is 2.39 bits per heavy atom. The van der Waals surface area contributed by atoms with Crippen LogP contribution in [0, 0.1) is 23.5 Å². The van der Waals surface area contributed by atoms with Crippen molar-refractivity contribution < 1.29 is 13.6 Å². The lowest BCUT2D eigenvalue weighted by Gasteiger charge is -2.21. The first-order valence-corrected chi connectivity index (χ1v) is 10.1. The minimum absolute atomic E-state index is 0.123. The normalized spacial score (nSPS) is 14.2. The van der Waals surface area contributed by atoms with Crippen LogP contribution in [0.15, 0.2) is 55.1 Å². The smallest absolute Gasteiger partial charge is 0.259 e. The van der Waals surface area contributed by atoms with E-state index in [1.165, 1.54) is 0 Å². The van der Waals surface area contributed by atoms with Gasteiger partial charge in [0.15, 0.2) is 11.6 Å². The highest BCUT2D eigenvalue weighted by Crippen LogP contribution is 2.44. The molecule has 0 atom stereocenters. The Morgan fingerprint density at radius 2 is 1.76 bits per heavy atom. The largest absolute Gasteiger partial charge is 0.293 e. The van der Waals surface area contributed by atoms with Crippen LogP contribution in [0.2, 0.25) is 0 Å². The third-order valence-corrected chi connectivity index (χ3v) is 5.46. The highest BCUT2D eigenvalue weighted by Gasteiger charge is 2.48. The number of nitrogens with zero attached hydrogens (tertiary/aromatic N) is 6. The second-order valence-corrected chi connectivity index (χ2v) is 8.13. The van der Waals surface area contributed by atoms with Crippen molar-refractivity contribution in [2.45, 2.75) is 19.4 Å². The lowest BCUT2D eigenvalue weighted by Crippen LogP contribution is -2.37. The number of pyridine rings is 1. The highest BCUT2D eigenvalue weighted by molar-refractivity contribution is 6.07. The van der Waals surface area contributed by atoms with Gasteiger partial charge >= 0.3 is 0 Å². The van der Waals surface area contributed by atoms with E-state index in [9.17, 15) is 4.79 Å². The molecule has 1 aliphatic rings. The molecule has 1 amide bonds. The molecule has 164 valence electrons. The fourth-order valence-corrected chi connectivity index (χ4v) is 3.88. The lowest BCUT2D eigenvalue weighted by atomic mass is 10.0. The molecule has 0 unspecified atom stereocenters. The van der Waals surface area contributed by atoms with Crippen molar-refractivity contribution >= 4 is 17.5 Å². The number of rotatable bonds is 2. The number of anilines is 2.